The number of carbonyl (C=O) groups excluding carboxylic acids is 1. The van der Waals surface area contributed by atoms with Crippen LogP contribution >= 0.6 is 0 Å². The molecule has 0 N–H and O–H groups in total. The number of hydrogen-bond donors (Lipinski definition) is 0. The van der Waals surface area contributed by atoms with Crippen LogP contribution in [0.3, 0.4) is 0 Å². The van der Waals surface area contributed by atoms with E-state index in [0.717, 1.165) is 42.4 Å². The van der Waals surface area contributed by atoms with Crippen molar-refractivity contribution in [2.75, 3.05) is 0 Å². The molecule has 3 fully saturated rings. The molecule has 0 saturated heterocycles. The lowest BCUT2D eigenvalue weighted by Crippen LogP contribution is -2.31. The Morgan fingerprint density at radius 3 is 1.75 bits per heavy atom. The molecule has 4 rings (SSSR count). The number of nitriles is 1. The van der Waals surface area contributed by atoms with Gasteiger partial charge in [0, 0.05) is 0 Å². The second-order valence-corrected chi connectivity index (χ2v) is 10.9. The quantitative estimate of drug-likeness (QED) is 0.430. The van der Waals surface area contributed by atoms with E-state index in [9.17, 15) is 4.79 Å². The minimum absolute atomic E-state index is 0.0593. The smallest absolute Gasteiger partial charge is 0.338 e. The van der Waals surface area contributed by atoms with Gasteiger partial charge in [0.2, 0.25) is 0 Å². The third kappa shape index (κ3) is 5.94. The molecule has 0 radical (unpaired) electrons. The maximum atomic E-state index is 12.4. The van der Waals surface area contributed by atoms with Crippen molar-refractivity contribution in [2.24, 2.45) is 29.6 Å². The van der Waals surface area contributed by atoms with Gasteiger partial charge in [-0.15, -0.1) is 0 Å². The Kier molecular flexibility index (Phi) is 8.28. The molecule has 0 atom stereocenters. The van der Waals surface area contributed by atoms with Gasteiger partial charge in [-0.25, -0.2) is 4.79 Å². The average molecular weight is 436 g/mol. The van der Waals surface area contributed by atoms with E-state index in [1.165, 1.54) is 77.0 Å². The maximum absolute atomic E-state index is 12.4. The Hall–Kier alpha value is -1.82. The summed E-state index contributed by atoms with van der Waals surface area (Å²) in [7, 11) is 0. The lowest BCUT2D eigenvalue weighted by molar-refractivity contribution is 0.00997. The van der Waals surface area contributed by atoms with Crippen molar-refractivity contribution in [3.05, 3.63) is 35.4 Å². The van der Waals surface area contributed by atoms with E-state index in [0.29, 0.717) is 11.1 Å². The first kappa shape index (κ1) is 23.3. The lowest BCUT2D eigenvalue weighted by atomic mass is 9.65. The van der Waals surface area contributed by atoms with Crippen molar-refractivity contribution in [1.29, 1.82) is 5.26 Å². The molecule has 0 aliphatic heterocycles. The first-order valence-corrected chi connectivity index (χ1v) is 13.4. The molecule has 0 unspecified atom stereocenters. The van der Waals surface area contributed by atoms with E-state index in [2.05, 4.69) is 13.0 Å². The molecule has 0 bridgehead atoms. The SMILES string of the molecule is CCC[C@H]1CC[C@H]([C@H]2CC[C@H]([C@H]3CC[C@H](OC(=O)c4ccc(C#N)cc4)CC3)CC2)CC1. The van der Waals surface area contributed by atoms with Crippen LogP contribution in [-0.2, 0) is 4.74 Å². The topological polar surface area (TPSA) is 50.1 Å². The number of rotatable bonds is 6. The molecule has 3 saturated carbocycles. The van der Waals surface area contributed by atoms with E-state index in [4.69, 9.17) is 10.00 Å². The van der Waals surface area contributed by atoms with Crippen LogP contribution < -0.4 is 0 Å². The number of benzene rings is 1. The van der Waals surface area contributed by atoms with Gasteiger partial charge >= 0.3 is 5.97 Å². The van der Waals surface area contributed by atoms with Gasteiger partial charge in [-0.05, 0) is 118 Å². The van der Waals surface area contributed by atoms with E-state index >= 15 is 0 Å². The Bertz CT molecular complexity index is 755. The van der Waals surface area contributed by atoms with Crippen molar-refractivity contribution in [2.45, 2.75) is 103 Å². The fourth-order valence-electron chi connectivity index (χ4n) is 7.02. The van der Waals surface area contributed by atoms with Crippen molar-refractivity contribution >= 4 is 5.97 Å². The number of ether oxygens (including phenoxy) is 1. The summed E-state index contributed by atoms with van der Waals surface area (Å²) >= 11 is 0. The monoisotopic (exact) mass is 435 g/mol. The van der Waals surface area contributed by atoms with Crippen LogP contribution in [0.25, 0.3) is 0 Å². The molecule has 3 heteroatoms. The second-order valence-electron chi connectivity index (χ2n) is 10.9. The summed E-state index contributed by atoms with van der Waals surface area (Å²) in [5.41, 5.74) is 1.12. The third-order valence-electron chi connectivity index (χ3n) is 8.98. The molecule has 1 aromatic rings. The molecule has 3 aliphatic rings. The zero-order valence-electron chi connectivity index (χ0n) is 19.9. The van der Waals surface area contributed by atoms with Crippen molar-refractivity contribution < 1.29 is 9.53 Å². The van der Waals surface area contributed by atoms with Gasteiger partial charge in [0.15, 0.2) is 0 Å². The minimum atomic E-state index is -0.243. The first-order valence-electron chi connectivity index (χ1n) is 13.4. The summed E-state index contributed by atoms with van der Waals surface area (Å²) in [5, 5.41) is 8.90. The molecule has 0 amide bonds. The van der Waals surface area contributed by atoms with Crippen LogP contribution in [-0.4, -0.2) is 12.1 Å². The summed E-state index contributed by atoms with van der Waals surface area (Å²) in [4.78, 5) is 12.4. The fraction of sp³-hybridized carbons (Fsp3) is 0.724. The van der Waals surface area contributed by atoms with Crippen molar-refractivity contribution in [1.82, 2.24) is 0 Å². The van der Waals surface area contributed by atoms with Crippen LogP contribution in [0.4, 0.5) is 0 Å². The summed E-state index contributed by atoms with van der Waals surface area (Å²) in [6, 6.07) is 8.84. The predicted octanol–water partition coefficient (Wildman–Crippen LogP) is 7.69. The highest BCUT2D eigenvalue weighted by Gasteiger charge is 2.35. The van der Waals surface area contributed by atoms with Crippen molar-refractivity contribution in [3.63, 3.8) is 0 Å². The van der Waals surface area contributed by atoms with Gasteiger partial charge in [-0.1, -0.05) is 32.6 Å². The molecule has 3 nitrogen and oxygen atoms in total. The zero-order chi connectivity index (χ0) is 22.3. The average Bonchev–Trinajstić information content (AvgIpc) is 2.85. The summed E-state index contributed by atoms with van der Waals surface area (Å²) in [6.45, 7) is 2.33. The highest BCUT2D eigenvalue weighted by Crippen LogP contribution is 2.46. The van der Waals surface area contributed by atoms with Gasteiger partial charge in [-0.2, -0.15) is 5.26 Å². The van der Waals surface area contributed by atoms with Crippen molar-refractivity contribution in [3.8, 4) is 6.07 Å². The first-order chi connectivity index (χ1) is 15.7. The highest BCUT2D eigenvalue weighted by molar-refractivity contribution is 5.89. The Labute approximate surface area is 194 Å². The standard InChI is InChI=1S/C29H41NO2/c1-2-3-21-4-8-23(9-5-21)24-12-14-25(15-13-24)26-16-18-28(19-17-26)32-29(31)27-10-6-22(20-30)7-11-27/h6-7,10-11,21,23-26,28H,2-5,8-9,12-19H2,1H3/t21-,23-,24-,25-,26-,28-. The Morgan fingerprint density at radius 2 is 1.28 bits per heavy atom. The lowest BCUT2D eigenvalue weighted by Gasteiger charge is -2.41. The van der Waals surface area contributed by atoms with Gasteiger partial charge < -0.3 is 4.74 Å². The third-order valence-corrected chi connectivity index (χ3v) is 8.98. The van der Waals surface area contributed by atoms with Gasteiger partial charge in [0.05, 0.1) is 17.2 Å². The molecule has 174 valence electrons. The van der Waals surface area contributed by atoms with E-state index in [1.54, 1.807) is 24.3 Å². The summed E-state index contributed by atoms with van der Waals surface area (Å²) in [6.07, 6.45) is 19.1. The van der Waals surface area contributed by atoms with Crippen LogP contribution in [0.15, 0.2) is 24.3 Å². The zero-order valence-corrected chi connectivity index (χ0v) is 19.9. The summed E-state index contributed by atoms with van der Waals surface area (Å²) in [5.74, 6) is 4.53. The van der Waals surface area contributed by atoms with E-state index < -0.39 is 0 Å². The molecule has 0 aromatic heterocycles. The number of hydrogen-bond acceptors (Lipinski definition) is 3. The van der Waals surface area contributed by atoms with E-state index in [1.807, 2.05) is 0 Å². The summed E-state index contributed by atoms with van der Waals surface area (Å²) < 4.78 is 5.79. The van der Waals surface area contributed by atoms with Crippen LogP contribution in [0.1, 0.15) is 113 Å². The van der Waals surface area contributed by atoms with Crippen LogP contribution in [0.5, 0.6) is 0 Å². The Morgan fingerprint density at radius 1 is 0.812 bits per heavy atom. The maximum Gasteiger partial charge on any atom is 0.338 e. The number of nitrogens with zero attached hydrogens (tertiary/aromatic N) is 1. The second kappa shape index (κ2) is 11.4. The van der Waals surface area contributed by atoms with Gasteiger partial charge in [0.1, 0.15) is 6.10 Å². The van der Waals surface area contributed by atoms with Crippen LogP contribution in [0, 0.1) is 40.9 Å². The molecule has 1 aromatic carbocycles. The predicted molar refractivity (Wildman–Crippen MR) is 128 cm³/mol. The number of esters is 1. The molecule has 3 aliphatic carbocycles. The number of carbonyl (C=O) groups is 1. The normalized spacial score (nSPS) is 33.2. The largest absolute Gasteiger partial charge is 0.459 e. The molecular formula is C29H41NO2. The van der Waals surface area contributed by atoms with Crippen LogP contribution in [0.2, 0.25) is 0 Å². The fourth-order valence-corrected chi connectivity index (χ4v) is 7.02. The molecule has 0 heterocycles. The van der Waals surface area contributed by atoms with Gasteiger partial charge in [0.25, 0.3) is 0 Å². The Balaban J connectivity index is 1.16. The highest BCUT2D eigenvalue weighted by atomic mass is 16.5. The minimum Gasteiger partial charge on any atom is -0.459 e. The van der Waals surface area contributed by atoms with E-state index in [-0.39, 0.29) is 12.1 Å². The van der Waals surface area contributed by atoms with Gasteiger partial charge in [-0.3, -0.25) is 0 Å². The molecule has 32 heavy (non-hydrogen) atoms. The molecule has 0 spiro atoms. The molecular weight excluding hydrogens is 394 g/mol.